The van der Waals surface area contributed by atoms with E-state index >= 15 is 4.39 Å². The summed E-state index contributed by atoms with van der Waals surface area (Å²) in [5, 5.41) is 5.09. The fourth-order valence-corrected chi connectivity index (χ4v) is 9.78. The van der Waals surface area contributed by atoms with Crippen molar-refractivity contribution < 1.29 is 27.1 Å². The average molecular weight is 677 g/mol. The zero-order valence-corrected chi connectivity index (χ0v) is 27.3. The van der Waals surface area contributed by atoms with Crippen molar-refractivity contribution in [1.82, 2.24) is 9.78 Å². The van der Waals surface area contributed by atoms with Gasteiger partial charge < -0.3 is 14.4 Å². The number of halogens is 3. The lowest BCUT2D eigenvalue weighted by molar-refractivity contribution is 0.00148. The second kappa shape index (κ2) is 12.3. The number of nitrogens with zero attached hydrogens (tertiary/aromatic N) is 3. The van der Waals surface area contributed by atoms with Crippen LogP contribution in [0.5, 0.6) is 0 Å². The number of Topliss-reactive ketones (excluding diaryl/α,β-unsaturated/α-hetero) is 1. The molecule has 4 atom stereocenters. The van der Waals surface area contributed by atoms with Crippen molar-refractivity contribution in [2.24, 2.45) is 5.92 Å². The van der Waals surface area contributed by atoms with Gasteiger partial charge in [-0.15, -0.1) is 0 Å². The van der Waals surface area contributed by atoms with E-state index in [0.717, 1.165) is 31.4 Å². The first-order valence-electron chi connectivity index (χ1n) is 15.7. The van der Waals surface area contributed by atoms with Gasteiger partial charge in [0.15, 0.2) is 15.6 Å². The molecule has 7 rings (SSSR count). The molecule has 2 aliphatic heterocycles. The van der Waals surface area contributed by atoms with E-state index in [2.05, 4.69) is 16.9 Å². The van der Waals surface area contributed by atoms with Gasteiger partial charge in [-0.2, -0.15) is 5.10 Å². The number of rotatable bonds is 10. The molecule has 2 aliphatic carbocycles. The Hall–Kier alpha value is -2.50. The van der Waals surface area contributed by atoms with E-state index in [1.54, 1.807) is 18.2 Å². The zero-order chi connectivity index (χ0) is 31.5. The van der Waals surface area contributed by atoms with Crippen LogP contribution in [0, 0.1) is 11.7 Å². The summed E-state index contributed by atoms with van der Waals surface area (Å²) >= 11 is 13.1. The molecule has 8 nitrogen and oxygen atoms in total. The maximum atomic E-state index is 15.3. The van der Waals surface area contributed by atoms with Gasteiger partial charge in [-0.25, -0.2) is 17.5 Å². The zero-order valence-electron chi connectivity index (χ0n) is 25.0. The second-order valence-corrected chi connectivity index (χ2v) is 15.9. The molecular formula is C33H36Cl2FN3O5S. The molecule has 3 aromatic rings. The molecular weight excluding hydrogens is 640 g/mol. The smallest absolute Gasteiger partial charge is 0.180 e. The molecule has 2 saturated heterocycles. The molecule has 4 aliphatic rings. The number of hydrogen-bond donors (Lipinski definition) is 0. The molecule has 0 spiro atoms. The van der Waals surface area contributed by atoms with Crippen LogP contribution >= 0.6 is 23.2 Å². The number of aromatic nitrogens is 2. The molecule has 4 fully saturated rings. The lowest BCUT2D eigenvalue weighted by Gasteiger charge is -2.39. The number of sulfone groups is 1. The van der Waals surface area contributed by atoms with E-state index in [0.29, 0.717) is 60.0 Å². The number of fused-ring (bicyclic) bond motifs is 2. The Bertz CT molecular complexity index is 1700. The number of ketones is 1. The first kappa shape index (κ1) is 31.1. The van der Waals surface area contributed by atoms with Crippen LogP contribution in [0.4, 0.5) is 10.1 Å². The summed E-state index contributed by atoms with van der Waals surface area (Å²) in [6.45, 7) is 3.22. The molecule has 0 unspecified atom stereocenters. The summed E-state index contributed by atoms with van der Waals surface area (Å²) in [6.07, 6.45) is 6.62. The lowest BCUT2D eigenvalue weighted by atomic mass is 9.96. The molecule has 45 heavy (non-hydrogen) atoms. The van der Waals surface area contributed by atoms with E-state index in [4.69, 9.17) is 32.7 Å². The van der Waals surface area contributed by atoms with Crippen molar-refractivity contribution in [2.45, 2.75) is 81.4 Å². The summed E-state index contributed by atoms with van der Waals surface area (Å²) < 4.78 is 54.6. The number of ether oxygens (including phenoxy) is 2. The van der Waals surface area contributed by atoms with Crippen LogP contribution in [0.3, 0.4) is 0 Å². The molecule has 1 aromatic heterocycles. The summed E-state index contributed by atoms with van der Waals surface area (Å²) in [5.41, 5.74) is 3.31. The maximum absolute atomic E-state index is 15.3. The van der Waals surface area contributed by atoms with Crippen molar-refractivity contribution in [1.29, 1.82) is 0 Å². The van der Waals surface area contributed by atoms with Crippen LogP contribution in [0.25, 0.3) is 5.69 Å². The van der Waals surface area contributed by atoms with Gasteiger partial charge in [0.2, 0.25) is 0 Å². The third-order valence-electron chi connectivity index (χ3n) is 10.0. The Morgan fingerprint density at radius 3 is 2.49 bits per heavy atom. The Morgan fingerprint density at radius 2 is 1.82 bits per heavy atom. The number of carbonyl (C=O) groups excluding carboxylic acids is 1. The average Bonchev–Trinajstić information content (AvgIpc) is 3.52. The standard InChI is InChI=1S/C33H36Cl2FN3O5S/c1-19-25-13-22(38(19)21-7-8-24(29(36)14-21)31(40)18-45(41,42)23-9-11-43-12-10-23)15-32(25)44-17-30-26(20-5-6-20)16-37-39(30)33-27(34)3-2-4-28(33)35/h2-4,7-8,14,16,19-20,22-23,25,32H,5-6,9-13,15,17-18H2,1H3/t19-,22+,25+,32-/m1/s1. The van der Waals surface area contributed by atoms with Gasteiger partial charge in [0.1, 0.15) is 17.3 Å². The van der Waals surface area contributed by atoms with E-state index < -0.39 is 32.4 Å². The van der Waals surface area contributed by atoms with Crippen molar-refractivity contribution in [3.8, 4) is 5.69 Å². The highest BCUT2D eigenvalue weighted by atomic mass is 35.5. The van der Waals surface area contributed by atoms with Gasteiger partial charge in [-0.3, -0.25) is 4.79 Å². The second-order valence-electron chi connectivity index (χ2n) is 12.8. The normalized spacial score (nSPS) is 25.3. The van der Waals surface area contributed by atoms with E-state index in [1.807, 2.05) is 16.9 Å². The minimum absolute atomic E-state index is 0.0273. The van der Waals surface area contributed by atoms with E-state index in [9.17, 15) is 13.2 Å². The van der Waals surface area contributed by atoms with Crippen molar-refractivity contribution in [3.63, 3.8) is 0 Å². The predicted molar refractivity (Wildman–Crippen MR) is 171 cm³/mol. The molecule has 2 aromatic carbocycles. The Kier molecular flexibility index (Phi) is 8.48. The summed E-state index contributed by atoms with van der Waals surface area (Å²) in [6, 6.07) is 10.2. The van der Waals surface area contributed by atoms with Crippen LogP contribution in [0.1, 0.15) is 73.0 Å². The van der Waals surface area contributed by atoms with Crippen LogP contribution < -0.4 is 4.90 Å². The molecule has 0 radical (unpaired) electrons. The van der Waals surface area contributed by atoms with Gasteiger partial charge >= 0.3 is 0 Å². The highest BCUT2D eigenvalue weighted by Gasteiger charge is 2.50. The predicted octanol–water partition coefficient (Wildman–Crippen LogP) is 6.54. The number of anilines is 1. The molecule has 3 heterocycles. The first-order valence-corrected chi connectivity index (χ1v) is 18.1. The van der Waals surface area contributed by atoms with E-state index in [1.165, 1.54) is 17.7 Å². The van der Waals surface area contributed by atoms with Gasteiger partial charge in [0, 0.05) is 36.9 Å². The maximum Gasteiger partial charge on any atom is 0.180 e. The first-order chi connectivity index (χ1) is 21.6. The fourth-order valence-electron chi connectivity index (χ4n) is 7.56. The van der Waals surface area contributed by atoms with E-state index in [-0.39, 0.29) is 29.7 Å². The third kappa shape index (κ3) is 5.93. The number of para-hydroxylation sites is 1. The Balaban J connectivity index is 1.03. The highest BCUT2D eigenvalue weighted by molar-refractivity contribution is 7.92. The Labute approximate surface area is 272 Å². The quantitative estimate of drug-likeness (QED) is 0.225. The number of hydrogen-bond acceptors (Lipinski definition) is 7. The molecule has 2 saturated carbocycles. The minimum Gasteiger partial charge on any atom is -0.381 e. The highest BCUT2D eigenvalue weighted by Crippen LogP contribution is 2.48. The molecule has 0 N–H and O–H groups in total. The van der Waals surface area contributed by atoms with Crippen LogP contribution in [-0.2, 0) is 25.9 Å². The third-order valence-corrected chi connectivity index (χ3v) is 12.8. The van der Waals surface area contributed by atoms with Gasteiger partial charge in [-0.05, 0) is 87.3 Å². The topological polar surface area (TPSA) is 90.7 Å². The molecule has 12 heteroatoms. The Morgan fingerprint density at radius 1 is 1.09 bits per heavy atom. The van der Waals surface area contributed by atoms with Crippen molar-refractivity contribution >= 4 is 44.5 Å². The molecule has 240 valence electrons. The number of benzene rings is 2. The summed E-state index contributed by atoms with van der Waals surface area (Å²) in [5.74, 6) is -1.38. The summed E-state index contributed by atoms with van der Waals surface area (Å²) in [4.78, 5) is 15.1. The molecule has 2 bridgehead atoms. The van der Waals surface area contributed by atoms with Gasteiger partial charge in [-0.1, -0.05) is 29.3 Å². The number of carbonyl (C=O) groups is 1. The van der Waals surface area contributed by atoms with Crippen LogP contribution in [-0.4, -0.2) is 66.4 Å². The van der Waals surface area contributed by atoms with Gasteiger partial charge in [0.05, 0.1) is 45.5 Å². The SMILES string of the molecule is C[C@@H]1[C@@H]2C[C@@H](C[C@H]2OCc2c(C3CC3)cnn2-c2c(Cl)cccc2Cl)N1c1ccc(C(=O)CS(=O)(=O)C2CCOCC2)c(F)c1. The van der Waals surface area contributed by atoms with Crippen molar-refractivity contribution in [2.75, 3.05) is 23.9 Å². The monoisotopic (exact) mass is 675 g/mol. The number of piperidine rings is 1. The fraction of sp³-hybridized carbons (Fsp3) is 0.515. The van der Waals surface area contributed by atoms with Gasteiger partial charge in [0.25, 0.3) is 0 Å². The van der Waals surface area contributed by atoms with Crippen LogP contribution in [0.2, 0.25) is 10.0 Å². The summed E-state index contributed by atoms with van der Waals surface area (Å²) in [7, 11) is -3.68. The lowest BCUT2D eigenvalue weighted by Crippen LogP contribution is -2.45. The molecule has 0 amide bonds. The van der Waals surface area contributed by atoms with Crippen LogP contribution in [0.15, 0.2) is 42.6 Å². The minimum atomic E-state index is -3.68. The largest absolute Gasteiger partial charge is 0.381 e. The van der Waals surface area contributed by atoms with Crippen molar-refractivity contribution in [3.05, 3.63) is 75.3 Å².